The Kier molecular flexibility index (Phi) is 7.65. The molecular weight excluding hydrogens is 298 g/mol. The van der Waals surface area contributed by atoms with Crippen LogP contribution in [0.4, 0.5) is 0 Å². The van der Waals surface area contributed by atoms with Crippen LogP contribution in [0.1, 0.15) is 32.9 Å². The molecule has 1 aromatic heterocycles. The molecule has 23 heavy (non-hydrogen) atoms. The normalized spacial score (nSPS) is 11.0. The van der Waals surface area contributed by atoms with Gasteiger partial charge in [0.15, 0.2) is 5.78 Å². The van der Waals surface area contributed by atoms with E-state index in [0.717, 1.165) is 0 Å². The summed E-state index contributed by atoms with van der Waals surface area (Å²) in [5, 5.41) is 13.2. The van der Waals surface area contributed by atoms with Crippen LogP contribution in [0, 0.1) is 5.92 Å². The molecule has 0 fully saturated rings. The minimum absolute atomic E-state index is 0.0292. The van der Waals surface area contributed by atoms with Gasteiger partial charge in [-0.2, -0.15) is 0 Å². The van der Waals surface area contributed by atoms with Gasteiger partial charge in [-0.15, -0.1) is 5.10 Å². The molecule has 1 aromatic rings. The number of nitrogens with one attached hydrogen (secondary N) is 2. The van der Waals surface area contributed by atoms with Crippen molar-refractivity contribution in [2.45, 2.75) is 40.3 Å². The van der Waals surface area contributed by atoms with Gasteiger partial charge in [0.05, 0.1) is 19.3 Å². The topological polar surface area (TPSA) is 106 Å². The van der Waals surface area contributed by atoms with Crippen LogP contribution in [-0.2, 0) is 27.5 Å². The van der Waals surface area contributed by atoms with Crippen molar-refractivity contribution in [3.8, 4) is 0 Å². The summed E-state index contributed by atoms with van der Waals surface area (Å²) >= 11 is 0. The number of carbonyl (C=O) groups is 3. The number of allylic oxidation sites excluding steroid dienone is 1. The van der Waals surface area contributed by atoms with E-state index >= 15 is 0 Å². The highest BCUT2D eigenvalue weighted by atomic mass is 16.2. The standard InChI is InChI=1S/C15H23N5O3/c1-11(2)8-16-15(23)6-7-20-10-13(18-19-20)9-17-14(22)5-4-12(3)21/h4-5,10-11H,6-9H2,1-3H3,(H,16,23)(H,17,22)/b5-4-. The van der Waals surface area contributed by atoms with Crippen molar-refractivity contribution in [2.24, 2.45) is 5.92 Å². The first kappa shape index (κ1) is 18.5. The zero-order valence-electron chi connectivity index (χ0n) is 13.7. The third-order valence-corrected chi connectivity index (χ3v) is 2.77. The van der Waals surface area contributed by atoms with Gasteiger partial charge in [-0.05, 0) is 18.9 Å². The molecule has 1 heterocycles. The number of hydrogen-bond donors (Lipinski definition) is 2. The maximum absolute atomic E-state index is 11.6. The fourth-order valence-corrected chi connectivity index (χ4v) is 1.58. The molecule has 0 atom stereocenters. The Hall–Kier alpha value is -2.51. The van der Waals surface area contributed by atoms with Gasteiger partial charge >= 0.3 is 0 Å². The van der Waals surface area contributed by atoms with Gasteiger partial charge in [0.2, 0.25) is 11.8 Å². The maximum Gasteiger partial charge on any atom is 0.244 e. The van der Waals surface area contributed by atoms with E-state index in [-0.39, 0.29) is 24.1 Å². The van der Waals surface area contributed by atoms with E-state index in [2.05, 4.69) is 20.9 Å². The Morgan fingerprint density at radius 3 is 2.65 bits per heavy atom. The number of aromatic nitrogens is 3. The predicted molar refractivity (Wildman–Crippen MR) is 84.2 cm³/mol. The van der Waals surface area contributed by atoms with Crippen LogP contribution >= 0.6 is 0 Å². The highest BCUT2D eigenvalue weighted by Gasteiger charge is 2.06. The van der Waals surface area contributed by atoms with Crippen molar-refractivity contribution in [3.05, 3.63) is 24.0 Å². The van der Waals surface area contributed by atoms with Crippen LogP contribution in [-0.4, -0.2) is 39.1 Å². The smallest absolute Gasteiger partial charge is 0.244 e. The summed E-state index contributed by atoms with van der Waals surface area (Å²) in [6, 6.07) is 0. The predicted octanol–water partition coefficient (Wildman–Crippen LogP) is 0.202. The Balaban J connectivity index is 2.33. The summed E-state index contributed by atoms with van der Waals surface area (Å²) in [6.07, 6.45) is 4.36. The average Bonchev–Trinajstić information content (AvgIpc) is 2.94. The molecule has 0 bridgehead atoms. The second-order valence-corrected chi connectivity index (χ2v) is 5.58. The van der Waals surface area contributed by atoms with Crippen molar-refractivity contribution in [1.29, 1.82) is 0 Å². The molecule has 0 aromatic carbocycles. The largest absolute Gasteiger partial charge is 0.356 e. The summed E-state index contributed by atoms with van der Waals surface area (Å²) in [6.45, 7) is 6.72. The number of carbonyl (C=O) groups excluding carboxylic acids is 3. The number of nitrogens with zero attached hydrogens (tertiary/aromatic N) is 3. The Bertz CT molecular complexity index is 577. The van der Waals surface area contributed by atoms with Crippen LogP contribution in [0.25, 0.3) is 0 Å². The first-order chi connectivity index (χ1) is 10.9. The monoisotopic (exact) mass is 321 g/mol. The van der Waals surface area contributed by atoms with Gasteiger partial charge in [0.25, 0.3) is 0 Å². The molecule has 8 heteroatoms. The third-order valence-electron chi connectivity index (χ3n) is 2.77. The van der Waals surface area contributed by atoms with Gasteiger partial charge in [-0.25, -0.2) is 0 Å². The van der Waals surface area contributed by atoms with Crippen molar-refractivity contribution in [2.75, 3.05) is 6.54 Å². The van der Waals surface area contributed by atoms with Crippen LogP contribution < -0.4 is 10.6 Å². The molecular formula is C15H23N5O3. The minimum atomic E-state index is -0.372. The molecule has 0 aliphatic heterocycles. The lowest BCUT2D eigenvalue weighted by Crippen LogP contribution is -2.28. The number of hydrogen-bond acceptors (Lipinski definition) is 5. The van der Waals surface area contributed by atoms with Crippen molar-refractivity contribution < 1.29 is 14.4 Å². The van der Waals surface area contributed by atoms with Gasteiger partial charge in [-0.3, -0.25) is 19.1 Å². The molecule has 0 radical (unpaired) electrons. The van der Waals surface area contributed by atoms with Crippen LogP contribution in [0.2, 0.25) is 0 Å². The van der Waals surface area contributed by atoms with E-state index in [1.54, 1.807) is 10.9 Å². The SMILES string of the molecule is CC(=O)/C=C\C(=O)NCc1cn(CCC(=O)NCC(C)C)nn1. The van der Waals surface area contributed by atoms with Crippen molar-refractivity contribution in [1.82, 2.24) is 25.6 Å². The van der Waals surface area contributed by atoms with Gasteiger partial charge in [-0.1, -0.05) is 19.1 Å². The summed E-state index contributed by atoms with van der Waals surface area (Å²) in [7, 11) is 0. The summed E-state index contributed by atoms with van der Waals surface area (Å²) in [5.41, 5.74) is 0.581. The summed E-state index contributed by atoms with van der Waals surface area (Å²) in [5.74, 6) is -0.180. The maximum atomic E-state index is 11.6. The first-order valence-corrected chi connectivity index (χ1v) is 7.49. The Morgan fingerprint density at radius 2 is 2.00 bits per heavy atom. The molecule has 8 nitrogen and oxygen atoms in total. The fourth-order valence-electron chi connectivity index (χ4n) is 1.58. The van der Waals surface area contributed by atoms with Crippen molar-refractivity contribution >= 4 is 17.6 Å². The molecule has 126 valence electrons. The van der Waals surface area contributed by atoms with Crippen LogP contribution in [0.5, 0.6) is 0 Å². The highest BCUT2D eigenvalue weighted by Crippen LogP contribution is 1.96. The average molecular weight is 321 g/mol. The molecule has 0 aliphatic rings. The Morgan fingerprint density at radius 1 is 1.26 bits per heavy atom. The van der Waals surface area contributed by atoms with E-state index in [1.165, 1.54) is 19.1 Å². The second-order valence-electron chi connectivity index (χ2n) is 5.58. The fraction of sp³-hybridized carbons (Fsp3) is 0.533. The second kappa shape index (κ2) is 9.50. The lowest BCUT2D eigenvalue weighted by Gasteiger charge is -2.07. The molecule has 0 unspecified atom stereocenters. The molecule has 1 rings (SSSR count). The lowest BCUT2D eigenvalue weighted by molar-refractivity contribution is -0.121. The number of rotatable bonds is 9. The van der Waals surface area contributed by atoms with Crippen molar-refractivity contribution in [3.63, 3.8) is 0 Å². The van der Waals surface area contributed by atoms with E-state index in [1.807, 2.05) is 13.8 Å². The van der Waals surface area contributed by atoms with Gasteiger partial charge in [0.1, 0.15) is 5.69 Å². The molecule has 0 saturated heterocycles. The van der Waals surface area contributed by atoms with Crippen LogP contribution in [0.3, 0.4) is 0 Å². The van der Waals surface area contributed by atoms with E-state index in [9.17, 15) is 14.4 Å². The van der Waals surface area contributed by atoms with E-state index in [4.69, 9.17) is 0 Å². The molecule has 2 amide bonds. The molecule has 0 aliphatic carbocycles. The van der Waals surface area contributed by atoms with Gasteiger partial charge < -0.3 is 10.6 Å². The van der Waals surface area contributed by atoms with E-state index in [0.29, 0.717) is 31.1 Å². The number of aryl methyl sites for hydroxylation is 1. The van der Waals surface area contributed by atoms with E-state index < -0.39 is 0 Å². The third kappa shape index (κ3) is 8.50. The summed E-state index contributed by atoms with van der Waals surface area (Å²) < 4.78 is 1.56. The zero-order valence-corrected chi connectivity index (χ0v) is 13.7. The number of ketones is 1. The Labute approximate surface area is 135 Å². The molecule has 2 N–H and O–H groups in total. The molecule has 0 spiro atoms. The van der Waals surface area contributed by atoms with Crippen LogP contribution in [0.15, 0.2) is 18.3 Å². The molecule has 0 saturated carbocycles. The van der Waals surface area contributed by atoms with Gasteiger partial charge in [0, 0.05) is 19.0 Å². The highest BCUT2D eigenvalue weighted by molar-refractivity contribution is 5.96. The zero-order chi connectivity index (χ0) is 17.2. The summed E-state index contributed by atoms with van der Waals surface area (Å²) in [4.78, 5) is 33.7. The first-order valence-electron chi connectivity index (χ1n) is 7.49. The lowest BCUT2D eigenvalue weighted by atomic mass is 10.2. The quantitative estimate of drug-likeness (QED) is 0.632. The number of amides is 2. The minimum Gasteiger partial charge on any atom is -0.356 e.